The van der Waals surface area contributed by atoms with E-state index in [4.69, 9.17) is 16.3 Å². The second kappa shape index (κ2) is 3.35. The van der Waals surface area contributed by atoms with E-state index in [1.54, 1.807) is 0 Å². The lowest BCUT2D eigenvalue weighted by molar-refractivity contribution is 0.0912. The van der Waals surface area contributed by atoms with Crippen LogP contribution in [0, 0.1) is 0 Å². The molecule has 3 heteroatoms. The summed E-state index contributed by atoms with van der Waals surface area (Å²) in [5.74, 6) is 0.894. The van der Waals surface area contributed by atoms with Crippen molar-refractivity contribution in [3.63, 3.8) is 0 Å². The van der Waals surface area contributed by atoms with Gasteiger partial charge in [0.15, 0.2) is 0 Å². The Morgan fingerprint density at radius 3 is 3.07 bits per heavy atom. The van der Waals surface area contributed by atoms with E-state index in [0.29, 0.717) is 0 Å². The third-order valence-corrected chi connectivity index (χ3v) is 2.93. The fourth-order valence-electron chi connectivity index (χ4n) is 1.51. The van der Waals surface area contributed by atoms with E-state index in [0.717, 1.165) is 29.4 Å². The van der Waals surface area contributed by atoms with Crippen LogP contribution in [0.4, 0.5) is 5.69 Å². The fourth-order valence-corrected chi connectivity index (χ4v) is 1.68. The largest absolute Gasteiger partial charge is 0.484 e. The third-order valence-electron chi connectivity index (χ3n) is 2.70. The van der Waals surface area contributed by atoms with Gasteiger partial charge >= 0.3 is 0 Å². The van der Waals surface area contributed by atoms with Crippen molar-refractivity contribution in [1.82, 2.24) is 0 Å². The molecule has 1 atom stereocenters. The Kier molecular flexibility index (Phi) is 2.31. The summed E-state index contributed by atoms with van der Waals surface area (Å²) in [6, 6.07) is 5.66. The molecule has 0 aromatic heterocycles. The van der Waals surface area contributed by atoms with Crippen molar-refractivity contribution in [1.29, 1.82) is 0 Å². The molecule has 2 nitrogen and oxygen atoms in total. The van der Waals surface area contributed by atoms with Crippen molar-refractivity contribution in [3.8, 4) is 5.75 Å². The standard InChI is InChI=1S/C11H14ClNO/c1-3-11(2)7-13-9-6-8(12)4-5-10(9)14-11/h4-6,13H,3,7H2,1-2H3. The Balaban J connectivity index is 2.31. The summed E-state index contributed by atoms with van der Waals surface area (Å²) in [4.78, 5) is 0. The minimum absolute atomic E-state index is 0.0964. The molecule has 76 valence electrons. The van der Waals surface area contributed by atoms with Crippen molar-refractivity contribution in [2.45, 2.75) is 25.9 Å². The Morgan fingerprint density at radius 1 is 1.57 bits per heavy atom. The highest BCUT2D eigenvalue weighted by molar-refractivity contribution is 6.30. The van der Waals surface area contributed by atoms with Crippen LogP contribution in [-0.4, -0.2) is 12.1 Å². The molecule has 1 heterocycles. The van der Waals surface area contributed by atoms with Gasteiger partial charge in [-0.05, 0) is 31.5 Å². The molecule has 0 aliphatic carbocycles. The van der Waals surface area contributed by atoms with Gasteiger partial charge in [0.1, 0.15) is 11.4 Å². The van der Waals surface area contributed by atoms with Crippen molar-refractivity contribution in [2.75, 3.05) is 11.9 Å². The first-order valence-corrected chi connectivity index (χ1v) is 5.23. The minimum Gasteiger partial charge on any atom is -0.484 e. The maximum Gasteiger partial charge on any atom is 0.143 e. The van der Waals surface area contributed by atoms with Crippen molar-refractivity contribution in [3.05, 3.63) is 23.2 Å². The van der Waals surface area contributed by atoms with Crippen LogP contribution in [0.1, 0.15) is 20.3 Å². The highest BCUT2D eigenvalue weighted by Crippen LogP contribution is 2.35. The summed E-state index contributed by atoms with van der Waals surface area (Å²) in [6.07, 6.45) is 0.988. The first kappa shape index (κ1) is 9.66. The minimum atomic E-state index is -0.0964. The predicted molar refractivity (Wildman–Crippen MR) is 59.3 cm³/mol. The molecule has 1 aromatic carbocycles. The number of hydrogen-bond acceptors (Lipinski definition) is 2. The number of nitrogens with one attached hydrogen (secondary N) is 1. The maximum atomic E-state index is 5.90. The SMILES string of the molecule is CCC1(C)CNc2cc(Cl)ccc2O1. The highest BCUT2D eigenvalue weighted by atomic mass is 35.5. The zero-order chi connectivity index (χ0) is 10.2. The molecule has 1 aliphatic rings. The molecular formula is C11H14ClNO. The molecule has 14 heavy (non-hydrogen) atoms. The van der Waals surface area contributed by atoms with Gasteiger partial charge in [0.25, 0.3) is 0 Å². The zero-order valence-electron chi connectivity index (χ0n) is 8.43. The van der Waals surface area contributed by atoms with Crippen LogP contribution in [0.3, 0.4) is 0 Å². The number of hydrogen-bond donors (Lipinski definition) is 1. The topological polar surface area (TPSA) is 21.3 Å². The van der Waals surface area contributed by atoms with Gasteiger partial charge in [-0.15, -0.1) is 0 Å². The van der Waals surface area contributed by atoms with E-state index in [-0.39, 0.29) is 5.60 Å². The lowest BCUT2D eigenvalue weighted by Gasteiger charge is -2.35. The predicted octanol–water partition coefficient (Wildman–Crippen LogP) is 3.31. The molecule has 0 radical (unpaired) electrons. The van der Waals surface area contributed by atoms with E-state index < -0.39 is 0 Å². The molecule has 1 aliphatic heterocycles. The van der Waals surface area contributed by atoms with Crippen molar-refractivity contribution in [2.24, 2.45) is 0 Å². The summed E-state index contributed by atoms with van der Waals surface area (Å²) in [7, 11) is 0. The Morgan fingerprint density at radius 2 is 2.36 bits per heavy atom. The molecule has 1 unspecified atom stereocenters. The molecule has 0 spiro atoms. The summed E-state index contributed by atoms with van der Waals surface area (Å²) < 4.78 is 5.90. The molecule has 1 aromatic rings. The van der Waals surface area contributed by atoms with E-state index in [2.05, 4.69) is 19.2 Å². The summed E-state index contributed by atoms with van der Waals surface area (Å²) in [6.45, 7) is 5.07. The van der Waals surface area contributed by atoms with Gasteiger partial charge in [-0.2, -0.15) is 0 Å². The first-order valence-electron chi connectivity index (χ1n) is 4.85. The highest BCUT2D eigenvalue weighted by Gasteiger charge is 2.29. The normalized spacial score (nSPS) is 24.8. The van der Waals surface area contributed by atoms with Crippen LogP contribution in [-0.2, 0) is 0 Å². The van der Waals surface area contributed by atoms with Gasteiger partial charge in [-0.1, -0.05) is 18.5 Å². The van der Waals surface area contributed by atoms with Gasteiger partial charge in [0.2, 0.25) is 0 Å². The van der Waals surface area contributed by atoms with E-state index in [9.17, 15) is 0 Å². The monoisotopic (exact) mass is 211 g/mol. The molecule has 1 N–H and O–H groups in total. The van der Waals surface area contributed by atoms with Crippen LogP contribution in [0.25, 0.3) is 0 Å². The van der Waals surface area contributed by atoms with Gasteiger partial charge in [0, 0.05) is 5.02 Å². The Hall–Kier alpha value is -0.890. The van der Waals surface area contributed by atoms with Crippen molar-refractivity contribution < 1.29 is 4.74 Å². The smallest absolute Gasteiger partial charge is 0.143 e. The fraction of sp³-hybridized carbons (Fsp3) is 0.455. The number of fused-ring (bicyclic) bond motifs is 1. The molecule has 0 amide bonds. The lowest BCUT2D eigenvalue weighted by Crippen LogP contribution is -2.42. The van der Waals surface area contributed by atoms with Gasteiger partial charge in [-0.25, -0.2) is 0 Å². The quantitative estimate of drug-likeness (QED) is 0.770. The lowest BCUT2D eigenvalue weighted by atomic mass is 10.0. The molecule has 0 saturated heterocycles. The van der Waals surface area contributed by atoms with Gasteiger partial charge < -0.3 is 10.1 Å². The molecule has 0 saturated carbocycles. The average Bonchev–Trinajstić information content (AvgIpc) is 2.19. The Labute approximate surface area is 89.2 Å². The number of rotatable bonds is 1. The zero-order valence-corrected chi connectivity index (χ0v) is 9.19. The molecular weight excluding hydrogens is 198 g/mol. The first-order chi connectivity index (χ1) is 6.63. The maximum absolute atomic E-state index is 5.90. The summed E-state index contributed by atoms with van der Waals surface area (Å²) in [5, 5.41) is 4.07. The van der Waals surface area contributed by atoms with Crippen LogP contribution in [0.2, 0.25) is 5.02 Å². The van der Waals surface area contributed by atoms with Crippen LogP contribution >= 0.6 is 11.6 Å². The number of halogens is 1. The van der Waals surface area contributed by atoms with E-state index in [1.807, 2.05) is 18.2 Å². The second-order valence-corrected chi connectivity index (χ2v) is 4.34. The van der Waals surface area contributed by atoms with Crippen LogP contribution in [0.5, 0.6) is 5.75 Å². The average molecular weight is 212 g/mol. The van der Waals surface area contributed by atoms with Crippen LogP contribution < -0.4 is 10.1 Å². The van der Waals surface area contributed by atoms with Gasteiger partial charge in [0.05, 0.1) is 12.2 Å². The third kappa shape index (κ3) is 1.67. The summed E-state index contributed by atoms with van der Waals surface area (Å²) in [5.41, 5.74) is 0.893. The number of ether oxygens (including phenoxy) is 1. The van der Waals surface area contributed by atoms with Gasteiger partial charge in [-0.3, -0.25) is 0 Å². The Bertz CT molecular complexity index is 353. The molecule has 0 fully saturated rings. The van der Waals surface area contributed by atoms with Crippen LogP contribution in [0.15, 0.2) is 18.2 Å². The molecule has 2 rings (SSSR count). The van der Waals surface area contributed by atoms with E-state index >= 15 is 0 Å². The summed E-state index contributed by atoms with van der Waals surface area (Å²) >= 11 is 5.89. The number of benzene rings is 1. The second-order valence-electron chi connectivity index (χ2n) is 3.90. The van der Waals surface area contributed by atoms with Crippen molar-refractivity contribution >= 4 is 17.3 Å². The number of anilines is 1. The van der Waals surface area contributed by atoms with E-state index in [1.165, 1.54) is 0 Å². The molecule has 0 bridgehead atoms.